The van der Waals surface area contributed by atoms with Crippen LogP contribution < -0.4 is 0 Å². The van der Waals surface area contributed by atoms with Gasteiger partial charge in [-0.2, -0.15) is 0 Å². The molecule has 0 N–H and O–H groups in total. The maximum absolute atomic E-state index is 4.03. The third-order valence-corrected chi connectivity index (χ3v) is 1.30. The number of rotatable bonds is 0. The van der Waals surface area contributed by atoms with Gasteiger partial charge in [0, 0.05) is 24.0 Å². The lowest BCUT2D eigenvalue weighted by atomic mass is 10.3. The average Bonchev–Trinajstić information content (AvgIpc) is 2.17. The van der Waals surface area contributed by atoms with Gasteiger partial charge >= 0.3 is 0 Å². The molecule has 3 heteroatoms. The van der Waals surface area contributed by atoms with Crippen molar-refractivity contribution in [3.8, 4) is 0 Å². The molecule has 0 radical (unpaired) electrons. The lowest BCUT2D eigenvalue weighted by Gasteiger charge is -1.90. The van der Waals surface area contributed by atoms with Crippen LogP contribution in [0.4, 0.5) is 0 Å². The van der Waals surface area contributed by atoms with Crippen molar-refractivity contribution in [2.24, 2.45) is 5.92 Å². The molecule has 0 aliphatic rings. The molecule has 0 atom stereocenters. The van der Waals surface area contributed by atoms with E-state index in [9.17, 15) is 0 Å². The third kappa shape index (κ3) is 3.47. The van der Waals surface area contributed by atoms with Gasteiger partial charge in [-0.3, -0.25) is 4.98 Å². The molecule has 3 nitrogen and oxygen atoms in total. The molecule has 0 spiro atoms. The van der Waals surface area contributed by atoms with Gasteiger partial charge in [0.1, 0.15) is 6.33 Å². The summed E-state index contributed by atoms with van der Waals surface area (Å²) in [5.74, 6) is 0.833. The van der Waals surface area contributed by atoms with Gasteiger partial charge < -0.3 is 0 Å². The first-order valence-electron chi connectivity index (χ1n) is 4.70. The maximum Gasteiger partial charge on any atom is 0.116 e. The van der Waals surface area contributed by atoms with Crippen molar-refractivity contribution >= 4 is 10.9 Å². The smallest absolute Gasteiger partial charge is 0.116 e. The summed E-state index contributed by atoms with van der Waals surface area (Å²) in [7, 11) is 0. The van der Waals surface area contributed by atoms with Gasteiger partial charge in [-0.15, -0.1) is 0 Å². The molecule has 0 bridgehead atoms. The first-order valence-corrected chi connectivity index (χ1v) is 4.70. The number of fused-ring (bicyclic) bond motifs is 1. The zero-order valence-electron chi connectivity index (χ0n) is 8.81. The minimum Gasteiger partial charge on any atom is -0.264 e. The van der Waals surface area contributed by atoms with E-state index in [0.717, 1.165) is 16.8 Å². The molecule has 0 aliphatic heterocycles. The summed E-state index contributed by atoms with van der Waals surface area (Å²) < 4.78 is 0. The van der Waals surface area contributed by atoms with Crippen LogP contribution in [0.25, 0.3) is 10.9 Å². The molecule has 2 rings (SSSR count). The Morgan fingerprint density at radius 1 is 1.07 bits per heavy atom. The van der Waals surface area contributed by atoms with E-state index in [1.807, 2.05) is 6.07 Å². The lowest BCUT2D eigenvalue weighted by molar-refractivity contribution is 0.737. The minimum atomic E-state index is 0.833. The summed E-state index contributed by atoms with van der Waals surface area (Å²) in [6, 6.07) is 1.86. The van der Waals surface area contributed by atoms with Crippen LogP contribution in [0.1, 0.15) is 20.8 Å². The third-order valence-electron chi connectivity index (χ3n) is 1.30. The van der Waals surface area contributed by atoms with Gasteiger partial charge in [-0.25, -0.2) is 9.97 Å². The monoisotopic (exact) mass is 189 g/mol. The molecule has 74 valence electrons. The molecule has 0 saturated heterocycles. The fraction of sp³-hybridized carbons (Fsp3) is 0.364. The normalized spacial score (nSPS) is 9.71. The lowest BCUT2D eigenvalue weighted by Crippen LogP contribution is -1.80. The molecule has 0 aliphatic carbocycles. The van der Waals surface area contributed by atoms with Crippen LogP contribution in [-0.4, -0.2) is 15.0 Å². The highest BCUT2D eigenvalue weighted by Crippen LogP contribution is 2.04. The molecular formula is C11H15N3. The van der Waals surface area contributed by atoms with Crippen LogP contribution in [0.5, 0.6) is 0 Å². The second-order valence-electron chi connectivity index (χ2n) is 3.69. The van der Waals surface area contributed by atoms with Crippen molar-refractivity contribution in [2.45, 2.75) is 20.8 Å². The standard InChI is InChI=1S/C7H5N3.C4H10/c1-2-8-3-6-4-9-5-10-7(1)6;1-4(2)3/h1-5H;4H,1-3H3. The highest BCUT2D eigenvalue weighted by atomic mass is 14.8. The van der Waals surface area contributed by atoms with E-state index in [1.54, 1.807) is 18.6 Å². The van der Waals surface area contributed by atoms with E-state index >= 15 is 0 Å². The minimum absolute atomic E-state index is 0.833. The number of pyridine rings is 1. The van der Waals surface area contributed by atoms with Crippen LogP contribution in [0.3, 0.4) is 0 Å². The number of hydrogen-bond donors (Lipinski definition) is 0. The molecule has 0 amide bonds. The van der Waals surface area contributed by atoms with E-state index in [0.29, 0.717) is 0 Å². The van der Waals surface area contributed by atoms with Crippen molar-refractivity contribution in [1.82, 2.24) is 15.0 Å². The van der Waals surface area contributed by atoms with Gasteiger partial charge in [0.25, 0.3) is 0 Å². The molecule has 2 aromatic rings. The van der Waals surface area contributed by atoms with Crippen LogP contribution in [0, 0.1) is 5.92 Å². The maximum atomic E-state index is 4.03. The van der Waals surface area contributed by atoms with Gasteiger partial charge in [0.15, 0.2) is 0 Å². The Morgan fingerprint density at radius 3 is 2.36 bits per heavy atom. The summed E-state index contributed by atoms with van der Waals surface area (Å²) in [6.07, 6.45) is 6.74. The first kappa shape index (κ1) is 10.6. The second-order valence-corrected chi connectivity index (χ2v) is 3.69. The highest BCUT2D eigenvalue weighted by Gasteiger charge is 1.88. The molecule has 0 fully saturated rings. The zero-order chi connectivity index (χ0) is 10.4. The molecule has 0 saturated carbocycles. The van der Waals surface area contributed by atoms with Crippen molar-refractivity contribution < 1.29 is 0 Å². The second kappa shape index (κ2) is 5.27. The first-order chi connectivity index (χ1) is 6.70. The topological polar surface area (TPSA) is 38.7 Å². The zero-order valence-corrected chi connectivity index (χ0v) is 8.81. The fourth-order valence-electron chi connectivity index (χ4n) is 0.826. The molecule has 14 heavy (non-hydrogen) atoms. The number of hydrogen-bond acceptors (Lipinski definition) is 3. The largest absolute Gasteiger partial charge is 0.264 e. The summed E-state index contributed by atoms with van der Waals surface area (Å²) in [4.78, 5) is 11.8. The summed E-state index contributed by atoms with van der Waals surface area (Å²) in [6.45, 7) is 6.50. The van der Waals surface area contributed by atoms with Crippen molar-refractivity contribution in [1.29, 1.82) is 0 Å². The Morgan fingerprint density at radius 2 is 1.71 bits per heavy atom. The van der Waals surface area contributed by atoms with Gasteiger partial charge in [0.05, 0.1) is 5.52 Å². The van der Waals surface area contributed by atoms with E-state index in [4.69, 9.17) is 0 Å². The molecule has 0 unspecified atom stereocenters. The van der Waals surface area contributed by atoms with E-state index < -0.39 is 0 Å². The van der Waals surface area contributed by atoms with Crippen molar-refractivity contribution in [2.75, 3.05) is 0 Å². The summed E-state index contributed by atoms with van der Waals surface area (Å²) in [5.41, 5.74) is 0.935. The Labute approximate surface area is 84.2 Å². The molecule has 2 aromatic heterocycles. The van der Waals surface area contributed by atoms with Crippen molar-refractivity contribution in [3.63, 3.8) is 0 Å². The van der Waals surface area contributed by atoms with E-state index in [2.05, 4.69) is 35.7 Å². The van der Waals surface area contributed by atoms with Crippen molar-refractivity contribution in [3.05, 3.63) is 31.0 Å². The van der Waals surface area contributed by atoms with E-state index in [-0.39, 0.29) is 0 Å². The molecule has 0 aromatic carbocycles. The van der Waals surface area contributed by atoms with Crippen LogP contribution in [0.2, 0.25) is 0 Å². The Hall–Kier alpha value is -1.51. The number of nitrogens with zero attached hydrogens (tertiary/aromatic N) is 3. The summed E-state index contributed by atoms with van der Waals surface area (Å²) in [5, 5.41) is 0.977. The number of aromatic nitrogens is 3. The Bertz CT molecular complexity index is 317. The predicted molar refractivity (Wildman–Crippen MR) is 57.8 cm³/mol. The van der Waals surface area contributed by atoms with E-state index in [1.165, 1.54) is 6.33 Å². The predicted octanol–water partition coefficient (Wildman–Crippen LogP) is 2.69. The quantitative estimate of drug-likeness (QED) is 0.639. The van der Waals surface area contributed by atoms with Gasteiger partial charge in [0.2, 0.25) is 0 Å². The molecule has 2 heterocycles. The average molecular weight is 189 g/mol. The Kier molecular flexibility index (Phi) is 3.98. The Balaban J connectivity index is 0.000000213. The SMILES string of the molecule is CC(C)C.c1cc2ncncc2cn1. The van der Waals surface area contributed by atoms with Crippen LogP contribution in [-0.2, 0) is 0 Å². The molecular weight excluding hydrogens is 174 g/mol. The van der Waals surface area contributed by atoms with Crippen LogP contribution >= 0.6 is 0 Å². The van der Waals surface area contributed by atoms with Gasteiger partial charge in [-0.05, 0) is 12.0 Å². The van der Waals surface area contributed by atoms with Gasteiger partial charge in [-0.1, -0.05) is 20.8 Å². The van der Waals surface area contributed by atoms with Crippen LogP contribution in [0.15, 0.2) is 31.0 Å². The summed E-state index contributed by atoms with van der Waals surface area (Å²) >= 11 is 0. The highest BCUT2D eigenvalue weighted by molar-refractivity contribution is 5.75. The fourth-order valence-corrected chi connectivity index (χ4v) is 0.826.